The minimum absolute atomic E-state index is 0.144. The van der Waals surface area contributed by atoms with E-state index in [1.807, 2.05) is 13.8 Å². The highest BCUT2D eigenvalue weighted by Crippen LogP contribution is 2.02. The number of carbonyl (C=O) groups is 2. The van der Waals surface area contributed by atoms with Crippen LogP contribution in [0.25, 0.3) is 0 Å². The average Bonchev–Trinajstić information content (AvgIpc) is 2.44. The summed E-state index contributed by atoms with van der Waals surface area (Å²) in [4.78, 5) is 22.5. The lowest BCUT2D eigenvalue weighted by Crippen LogP contribution is -2.07. The lowest BCUT2D eigenvalue weighted by atomic mass is 10.2. The second kappa shape index (κ2) is 13.5. The summed E-state index contributed by atoms with van der Waals surface area (Å²) in [5.41, 5.74) is 0. The van der Waals surface area contributed by atoms with Crippen LogP contribution in [0.1, 0.15) is 52.4 Å². The minimum Gasteiger partial charge on any atom is -0.452 e. The second-order valence-electron chi connectivity index (χ2n) is 3.94. The van der Waals surface area contributed by atoms with Crippen LogP contribution in [-0.4, -0.2) is 25.2 Å². The quantitative estimate of drug-likeness (QED) is 0.408. The van der Waals surface area contributed by atoms with Crippen molar-refractivity contribution in [2.75, 3.05) is 13.2 Å². The Morgan fingerprint density at radius 1 is 0.750 bits per heavy atom. The summed E-state index contributed by atoms with van der Waals surface area (Å²) in [5.74, 6) is 10.5. The predicted molar refractivity (Wildman–Crippen MR) is 76.5 cm³/mol. The Bertz CT molecular complexity index is 364. The fourth-order valence-corrected chi connectivity index (χ4v) is 1.27. The van der Waals surface area contributed by atoms with Gasteiger partial charge in [-0.25, -0.2) is 0 Å². The van der Waals surface area contributed by atoms with Crippen LogP contribution in [-0.2, 0) is 19.1 Å². The van der Waals surface area contributed by atoms with Gasteiger partial charge in [0.25, 0.3) is 0 Å². The molecule has 0 atom stereocenters. The van der Waals surface area contributed by atoms with Gasteiger partial charge in [-0.1, -0.05) is 25.7 Å². The van der Waals surface area contributed by atoms with Crippen molar-refractivity contribution in [3.05, 3.63) is 0 Å². The molecule has 0 aliphatic rings. The topological polar surface area (TPSA) is 52.6 Å². The number of rotatable bonds is 7. The van der Waals surface area contributed by atoms with E-state index in [0.717, 1.165) is 12.8 Å². The third-order valence-corrected chi connectivity index (χ3v) is 2.23. The van der Waals surface area contributed by atoms with Gasteiger partial charge in [0.1, 0.15) is 0 Å². The Labute approximate surface area is 121 Å². The molecule has 0 heterocycles. The lowest BCUT2D eigenvalue weighted by molar-refractivity contribution is -0.144. The molecule has 110 valence electrons. The summed E-state index contributed by atoms with van der Waals surface area (Å²) in [7, 11) is 0. The first-order chi connectivity index (χ1) is 9.70. The van der Waals surface area contributed by atoms with Gasteiger partial charge in [-0.15, -0.1) is 11.8 Å². The third kappa shape index (κ3) is 12.5. The fourth-order valence-electron chi connectivity index (χ4n) is 1.27. The first kappa shape index (κ1) is 18.1. The zero-order chi connectivity index (χ0) is 15.1. The van der Waals surface area contributed by atoms with Crippen LogP contribution in [0.3, 0.4) is 0 Å². The van der Waals surface area contributed by atoms with E-state index < -0.39 is 0 Å². The molecule has 0 aromatic heterocycles. The molecular weight excluding hydrogens is 256 g/mol. The van der Waals surface area contributed by atoms with Crippen molar-refractivity contribution >= 4 is 11.9 Å². The summed E-state index contributed by atoms with van der Waals surface area (Å²) in [5, 5.41) is 0. The second-order valence-corrected chi connectivity index (χ2v) is 3.94. The third-order valence-electron chi connectivity index (χ3n) is 2.23. The molecule has 0 spiro atoms. The van der Waals surface area contributed by atoms with Crippen molar-refractivity contribution in [3.8, 4) is 23.7 Å². The Balaban J connectivity index is 3.50. The summed E-state index contributed by atoms with van der Waals surface area (Å²) in [6.45, 7) is 4.15. The molecule has 0 aromatic rings. The molecule has 0 unspecified atom stereocenters. The monoisotopic (exact) mass is 278 g/mol. The average molecular weight is 278 g/mol. The van der Waals surface area contributed by atoms with Crippen LogP contribution in [0.2, 0.25) is 0 Å². The van der Waals surface area contributed by atoms with Crippen molar-refractivity contribution < 1.29 is 19.1 Å². The first-order valence-corrected chi connectivity index (χ1v) is 6.93. The van der Waals surface area contributed by atoms with E-state index in [4.69, 9.17) is 9.47 Å². The minimum atomic E-state index is -0.280. The first-order valence-electron chi connectivity index (χ1n) is 6.93. The van der Waals surface area contributed by atoms with Gasteiger partial charge in [-0.2, -0.15) is 0 Å². The van der Waals surface area contributed by atoms with Crippen LogP contribution in [0, 0.1) is 23.7 Å². The molecule has 0 amide bonds. The summed E-state index contributed by atoms with van der Waals surface area (Å²) >= 11 is 0. The molecule has 0 N–H and O–H groups in total. The van der Waals surface area contributed by atoms with E-state index >= 15 is 0 Å². The largest absolute Gasteiger partial charge is 0.452 e. The van der Waals surface area contributed by atoms with Crippen molar-refractivity contribution in [2.45, 2.75) is 52.4 Å². The van der Waals surface area contributed by atoms with Crippen molar-refractivity contribution in [1.29, 1.82) is 0 Å². The highest BCUT2D eigenvalue weighted by molar-refractivity contribution is 5.70. The zero-order valence-corrected chi connectivity index (χ0v) is 12.3. The van der Waals surface area contributed by atoms with Gasteiger partial charge in [-0.3, -0.25) is 9.59 Å². The summed E-state index contributed by atoms with van der Waals surface area (Å²) < 4.78 is 9.79. The maximum atomic E-state index is 11.3. The number of unbranched alkanes of at least 4 members (excludes halogenated alkanes) is 1. The van der Waals surface area contributed by atoms with E-state index in [9.17, 15) is 9.59 Å². The highest BCUT2D eigenvalue weighted by atomic mass is 16.5. The SMILES string of the molecule is CCC#CCOC(=O)CCCCC(=O)OCC#CCC. The Kier molecular flexibility index (Phi) is 12.2. The van der Waals surface area contributed by atoms with E-state index in [0.29, 0.717) is 25.7 Å². The van der Waals surface area contributed by atoms with Crippen LogP contribution in [0.15, 0.2) is 0 Å². The normalized spacial score (nSPS) is 8.70. The summed E-state index contributed by atoms with van der Waals surface area (Å²) in [6, 6.07) is 0. The molecule has 0 aromatic carbocycles. The Morgan fingerprint density at radius 3 is 1.50 bits per heavy atom. The van der Waals surface area contributed by atoms with Crippen molar-refractivity contribution in [3.63, 3.8) is 0 Å². The standard InChI is InChI=1S/C16H22O4/c1-3-5-9-13-19-15(17)11-7-8-12-16(18)20-14-10-6-4-2/h3-4,7-8,11-14H2,1-2H3. The van der Waals surface area contributed by atoms with Crippen LogP contribution in [0.4, 0.5) is 0 Å². The van der Waals surface area contributed by atoms with Gasteiger partial charge in [0, 0.05) is 25.7 Å². The molecule has 0 radical (unpaired) electrons. The molecule has 0 bridgehead atoms. The van der Waals surface area contributed by atoms with Gasteiger partial charge in [-0.05, 0) is 12.8 Å². The molecule has 0 fully saturated rings. The van der Waals surface area contributed by atoms with Crippen LogP contribution >= 0.6 is 0 Å². The molecular formula is C16H22O4. The number of carbonyl (C=O) groups excluding carboxylic acids is 2. The predicted octanol–water partition coefficient (Wildman–Crippen LogP) is 2.46. The van der Waals surface area contributed by atoms with E-state index in [2.05, 4.69) is 23.7 Å². The highest BCUT2D eigenvalue weighted by Gasteiger charge is 2.05. The zero-order valence-electron chi connectivity index (χ0n) is 12.3. The van der Waals surface area contributed by atoms with Crippen molar-refractivity contribution in [2.24, 2.45) is 0 Å². The molecule has 0 saturated carbocycles. The van der Waals surface area contributed by atoms with E-state index in [1.165, 1.54) is 0 Å². The van der Waals surface area contributed by atoms with Gasteiger partial charge >= 0.3 is 11.9 Å². The lowest BCUT2D eigenvalue weighted by Gasteiger charge is -2.02. The maximum absolute atomic E-state index is 11.3. The number of esters is 2. The number of ether oxygens (including phenoxy) is 2. The smallest absolute Gasteiger partial charge is 0.306 e. The molecule has 0 saturated heterocycles. The van der Waals surface area contributed by atoms with Crippen LogP contribution in [0.5, 0.6) is 0 Å². The molecule has 0 aliphatic heterocycles. The maximum Gasteiger partial charge on any atom is 0.306 e. The van der Waals surface area contributed by atoms with Gasteiger partial charge in [0.15, 0.2) is 13.2 Å². The Hall–Kier alpha value is -1.94. The fraction of sp³-hybridized carbons (Fsp3) is 0.625. The molecule has 20 heavy (non-hydrogen) atoms. The van der Waals surface area contributed by atoms with Gasteiger partial charge in [0.2, 0.25) is 0 Å². The molecule has 4 heteroatoms. The molecule has 0 aliphatic carbocycles. The molecule has 0 rings (SSSR count). The Morgan fingerprint density at radius 2 is 1.15 bits per heavy atom. The number of hydrogen-bond donors (Lipinski definition) is 0. The number of hydrogen-bond acceptors (Lipinski definition) is 4. The van der Waals surface area contributed by atoms with E-state index in [-0.39, 0.29) is 25.2 Å². The van der Waals surface area contributed by atoms with Crippen molar-refractivity contribution in [1.82, 2.24) is 0 Å². The van der Waals surface area contributed by atoms with Gasteiger partial charge in [0.05, 0.1) is 0 Å². The van der Waals surface area contributed by atoms with E-state index in [1.54, 1.807) is 0 Å². The molecule has 4 nitrogen and oxygen atoms in total. The summed E-state index contributed by atoms with van der Waals surface area (Å²) in [6.07, 6.45) is 3.32. The van der Waals surface area contributed by atoms with Gasteiger partial charge < -0.3 is 9.47 Å². The van der Waals surface area contributed by atoms with Crippen LogP contribution < -0.4 is 0 Å².